The predicted molar refractivity (Wildman–Crippen MR) is 199 cm³/mol. The summed E-state index contributed by atoms with van der Waals surface area (Å²) in [5, 5.41) is 15.2. The van der Waals surface area contributed by atoms with Gasteiger partial charge in [-0.3, -0.25) is 4.90 Å². The van der Waals surface area contributed by atoms with E-state index < -0.39 is 12.1 Å². The normalized spacial score (nSPS) is 13.2. The lowest BCUT2D eigenvalue weighted by Crippen LogP contribution is -2.37. The van der Waals surface area contributed by atoms with Gasteiger partial charge in [-0.15, -0.1) is 0 Å². The lowest BCUT2D eigenvalue weighted by Gasteiger charge is -2.38. The number of amides is 1. The van der Waals surface area contributed by atoms with Gasteiger partial charge in [0.05, 0.1) is 22.4 Å². The molecular weight excluding hydrogens is 618 g/mol. The number of rotatable bonds is 12. The molecule has 0 saturated heterocycles. The molecule has 1 amide bonds. The van der Waals surface area contributed by atoms with Crippen LogP contribution in [0.2, 0.25) is 5.02 Å². The molecule has 0 fully saturated rings. The highest BCUT2D eigenvalue weighted by molar-refractivity contribution is 6.33. The molecule has 6 nitrogen and oxygen atoms in total. The summed E-state index contributed by atoms with van der Waals surface area (Å²) in [6.07, 6.45) is 3.35. The van der Waals surface area contributed by atoms with Crippen LogP contribution >= 0.6 is 11.6 Å². The monoisotopic (exact) mass is 659 g/mol. The van der Waals surface area contributed by atoms with Crippen molar-refractivity contribution in [3.8, 4) is 22.6 Å². The highest BCUT2D eigenvalue weighted by Crippen LogP contribution is 2.54. The predicted octanol–water partition coefficient (Wildman–Crippen LogP) is 11.8. The molecule has 1 heterocycles. The highest BCUT2D eigenvalue weighted by atomic mass is 35.5. The molecule has 0 radical (unpaired) electrons. The average Bonchev–Trinajstić information content (AvgIpc) is 3.10. The van der Waals surface area contributed by atoms with Crippen molar-refractivity contribution >= 4 is 40.4 Å². The molecule has 0 aliphatic carbocycles. The molecular formula is C41H42ClN3O3. The van der Waals surface area contributed by atoms with Crippen LogP contribution in [0.25, 0.3) is 11.1 Å². The van der Waals surface area contributed by atoms with Crippen LogP contribution in [0, 0.1) is 6.92 Å². The van der Waals surface area contributed by atoms with Gasteiger partial charge in [0.15, 0.2) is 0 Å². The van der Waals surface area contributed by atoms with Gasteiger partial charge in [0.2, 0.25) is 0 Å². The number of benzene rings is 5. The Balaban J connectivity index is 1.60. The second kappa shape index (κ2) is 14.9. The zero-order chi connectivity index (χ0) is 33.6. The smallest absolute Gasteiger partial charge is 0.412 e. The molecule has 0 spiro atoms. The van der Waals surface area contributed by atoms with E-state index in [-0.39, 0.29) is 0 Å². The van der Waals surface area contributed by atoms with Crippen molar-refractivity contribution in [1.29, 1.82) is 0 Å². The largest absolute Gasteiger partial charge is 0.465 e. The zero-order valence-corrected chi connectivity index (χ0v) is 28.5. The maximum absolute atomic E-state index is 13.5. The van der Waals surface area contributed by atoms with Crippen LogP contribution in [0.15, 0.2) is 109 Å². The number of carboxylic acid groups (broad SMARTS) is 1. The SMILES string of the molecule is CCCCN(CCCC)c1ccc2c(c1)Oc1ccc(Nc3ccccc3Cl)c(-c3ccccc3)c1C2N(C(=O)O)c1ccccc1C. The summed E-state index contributed by atoms with van der Waals surface area (Å²) in [4.78, 5) is 17.4. The minimum atomic E-state index is -1.05. The van der Waals surface area contributed by atoms with Crippen LogP contribution in [-0.2, 0) is 0 Å². The average molecular weight is 660 g/mol. The number of ether oxygens (including phenoxy) is 1. The van der Waals surface area contributed by atoms with Crippen LogP contribution in [0.4, 0.5) is 27.5 Å². The number of hydrogen-bond donors (Lipinski definition) is 2. The van der Waals surface area contributed by atoms with Gasteiger partial charge in [-0.1, -0.05) is 105 Å². The minimum absolute atomic E-state index is 0.586. The molecule has 6 rings (SSSR count). The number of anilines is 4. The summed E-state index contributed by atoms with van der Waals surface area (Å²) in [6, 6.07) is 34.8. The molecule has 5 aromatic carbocycles. The van der Waals surface area contributed by atoms with E-state index in [1.165, 1.54) is 4.90 Å². The molecule has 5 aromatic rings. The number of para-hydroxylation sites is 2. The minimum Gasteiger partial charge on any atom is -0.465 e. The topological polar surface area (TPSA) is 65.0 Å². The maximum atomic E-state index is 13.5. The summed E-state index contributed by atoms with van der Waals surface area (Å²) in [5.41, 5.74) is 7.43. The van der Waals surface area contributed by atoms with E-state index in [4.69, 9.17) is 16.3 Å². The van der Waals surface area contributed by atoms with Gasteiger partial charge < -0.3 is 20.1 Å². The number of unbranched alkanes of at least 4 members (excludes halogenated alkanes) is 2. The van der Waals surface area contributed by atoms with Gasteiger partial charge in [0, 0.05) is 47.2 Å². The third-order valence-corrected chi connectivity index (χ3v) is 9.29. The summed E-state index contributed by atoms with van der Waals surface area (Å²) in [7, 11) is 0. The Morgan fingerprint density at radius 3 is 2.19 bits per heavy atom. The Hall–Kier alpha value is -4.94. The number of nitrogens with one attached hydrogen (secondary N) is 1. The van der Waals surface area contributed by atoms with Crippen molar-refractivity contribution < 1.29 is 14.6 Å². The van der Waals surface area contributed by atoms with E-state index in [0.717, 1.165) is 83.7 Å². The van der Waals surface area contributed by atoms with Crippen molar-refractivity contribution in [2.75, 3.05) is 28.2 Å². The van der Waals surface area contributed by atoms with E-state index in [2.05, 4.69) is 42.3 Å². The van der Waals surface area contributed by atoms with Crippen molar-refractivity contribution in [3.05, 3.63) is 131 Å². The van der Waals surface area contributed by atoms with Crippen molar-refractivity contribution in [2.45, 2.75) is 52.5 Å². The van der Waals surface area contributed by atoms with Crippen LogP contribution in [0.1, 0.15) is 62.3 Å². The van der Waals surface area contributed by atoms with Gasteiger partial charge in [-0.05, 0) is 67.3 Å². The highest BCUT2D eigenvalue weighted by Gasteiger charge is 2.39. The maximum Gasteiger partial charge on any atom is 0.412 e. The summed E-state index contributed by atoms with van der Waals surface area (Å²) in [5.74, 6) is 1.27. The molecule has 246 valence electrons. The molecule has 0 saturated carbocycles. The van der Waals surface area contributed by atoms with Crippen LogP contribution in [0.5, 0.6) is 11.5 Å². The second-order valence-corrected chi connectivity index (χ2v) is 12.6. The Morgan fingerprint density at radius 2 is 1.50 bits per heavy atom. The molecule has 1 aliphatic heterocycles. The second-order valence-electron chi connectivity index (χ2n) is 12.2. The summed E-state index contributed by atoms with van der Waals surface area (Å²) < 4.78 is 6.79. The first-order valence-electron chi connectivity index (χ1n) is 16.8. The first kappa shape index (κ1) is 33.0. The molecule has 7 heteroatoms. The van der Waals surface area contributed by atoms with Gasteiger partial charge in [-0.25, -0.2) is 4.79 Å². The molecule has 0 bridgehead atoms. The lowest BCUT2D eigenvalue weighted by molar-refractivity contribution is 0.199. The lowest BCUT2D eigenvalue weighted by atomic mass is 9.85. The van der Waals surface area contributed by atoms with Gasteiger partial charge in [-0.2, -0.15) is 0 Å². The number of hydrogen-bond acceptors (Lipinski definition) is 4. The van der Waals surface area contributed by atoms with Crippen LogP contribution in [0.3, 0.4) is 0 Å². The Kier molecular flexibility index (Phi) is 10.2. The van der Waals surface area contributed by atoms with E-state index in [1.807, 2.05) is 97.9 Å². The third-order valence-electron chi connectivity index (χ3n) is 8.96. The fourth-order valence-electron chi connectivity index (χ4n) is 6.52. The van der Waals surface area contributed by atoms with Crippen molar-refractivity contribution in [1.82, 2.24) is 0 Å². The first-order valence-corrected chi connectivity index (χ1v) is 17.2. The van der Waals surface area contributed by atoms with Crippen molar-refractivity contribution in [2.24, 2.45) is 0 Å². The van der Waals surface area contributed by atoms with Gasteiger partial charge in [0.25, 0.3) is 0 Å². The van der Waals surface area contributed by atoms with Gasteiger partial charge >= 0.3 is 6.09 Å². The fraction of sp³-hybridized carbons (Fsp3) is 0.244. The van der Waals surface area contributed by atoms with E-state index in [0.29, 0.717) is 22.2 Å². The number of fused-ring (bicyclic) bond motifs is 2. The third kappa shape index (κ3) is 6.71. The molecule has 1 atom stereocenters. The summed E-state index contributed by atoms with van der Waals surface area (Å²) in [6.45, 7) is 8.27. The Labute approximate surface area is 288 Å². The number of aryl methyl sites for hydroxylation is 1. The van der Waals surface area contributed by atoms with E-state index >= 15 is 0 Å². The fourth-order valence-corrected chi connectivity index (χ4v) is 6.70. The number of nitrogens with zero attached hydrogens (tertiary/aromatic N) is 2. The number of carbonyl (C=O) groups is 1. The quantitative estimate of drug-likeness (QED) is 0.139. The standard InChI is InChI=1S/C41H42ClN3O3/c1-4-6-25-44(26-7-5-2)30-21-22-31-37(27-30)48-36-24-23-34(43-33-19-13-12-18-32(33)42)38(29-16-9-8-10-17-29)39(36)40(31)45(41(46)47)35-20-14-11-15-28(35)3/h8-24,27,40,43H,4-7,25-26H2,1-3H3,(H,46,47). The van der Waals surface area contributed by atoms with Crippen molar-refractivity contribution in [3.63, 3.8) is 0 Å². The van der Waals surface area contributed by atoms with E-state index in [9.17, 15) is 9.90 Å². The summed E-state index contributed by atoms with van der Waals surface area (Å²) >= 11 is 6.63. The van der Waals surface area contributed by atoms with Gasteiger partial charge in [0.1, 0.15) is 11.5 Å². The number of halogens is 1. The van der Waals surface area contributed by atoms with Crippen LogP contribution in [-0.4, -0.2) is 24.3 Å². The molecule has 0 aromatic heterocycles. The van der Waals surface area contributed by atoms with E-state index in [1.54, 1.807) is 0 Å². The zero-order valence-electron chi connectivity index (χ0n) is 27.7. The Bertz CT molecular complexity index is 1890. The first-order chi connectivity index (χ1) is 23.4. The molecule has 2 N–H and O–H groups in total. The Morgan fingerprint density at radius 1 is 0.812 bits per heavy atom. The molecule has 48 heavy (non-hydrogen) atoms. The van der Waals surface area contributed by atoms with Crippen LogP contribution < -0.4 is 19.9 Å². The molecule has 1 aliphatic rings. The molecule has 1 unspecified atom stereocenters.